The van der Waals surface area contributed by atoms with E-state index in [9.17, 15) is 8.42 Å². The smallest absolute Gasteiger partial charge is 0.151 e. The Morgan fingerprint density at radius 1 is 1.33 bits per heavy atom. The predicted octanol–water partition coefficient (Wildman–Crippen LogP) is 2.87. The standard InChI is InChI=1S/C13H15Cl2N3O2S/c1-2-21(19,20)6-5-18-8-12(16)13(17-18)10-4-3-9(14)7-11(10)15/h3-4,7-8H,2,5-6,16H2,1H3. The van der Waals surface area contributed by atoms with Gasteiger partial charge in [-0.05, 0) is 18.2 Å². The van der Waals surface area contributed by atoms with Gasteiger partial charge in [-0.1, -0.05) is 30.1 Å². The molecule has 0 atom stereocenters. The van der Waals surface area contributed by atoms with Crippen molar-refractivity contribution >= 4 is 38.7 Å². The SMILES string of the molecule is CCS(=O)(=O)CCn1cc(N)c(-c2ccc(Cl)cc2Cl)n1. The van der Waals surface area contributed by atoms with Crippen LogP contribution in [0.2, 0.25) is 10.0 Å². The number of nitrogens with two attached hydrogens (primary N) is 1. The molecule has 0 amide bonds. The average molecular weight is 348 g/mol. The molecule has 1 aromatic carbocycles. The molecule has 5 nitrogen and oxygen atoms in total. The normalized spacial score (nSPS) is 11.8. The highest BCUT2D eigenvalue weighted by atomic mass is 35.5. The van der Waals surface area contributed by atoms with Crippen LogP contribution in [0.5, 0.6) is 0 Å². The summed E-state index contributed by atoms with van der Waals surface area (Å²) in [4.78, 5) is 0. The molecule has 2 N–H and O–H groups in total. The fourth-order valence-electron chi connectivity index (χ4n) is 1.82. The van der Waals surface area contributed by atoms with E-state index in [1.807, 2.05) is 0 Å². The minimum absolute atomic E-state index is 0.0262. The van der Waals surface area contributed by atoms with Crippen LogP contribution in [0.3, 0.4) is 0 Å². The van der Waals surface area contributed by atoms with Crippen molar-refractivity contribution in [2.45, 2.75) is 13.5 Å². The van der Waals surface area contributed by atoms with E-state index < -0.39 is 9.84 Å². The van der Waals surface area contributed by atoms with Crippen molar-refractivity contribution in [1.82, 2.24) is 9.78 Å². The first kappa shape index (κ1) is 16.1. The van der Waals surface area contributed by atoms with Crippen LogP contribution >= 0.6 is 23.2 Å². The Bertz CT molecular complexity index is 757. The molecule has 0 aliphatic carbocycles. The van der Waals surface area contributed by atoms with Crippen LogP contribution in [0.1, 0.15) is 6.92 Å². The van der Waals surface area contributed by atoms with E-state index in [-0.39, 0.29) is 18.1 Å². The van der Waals surface area contributed by atoms with Crippen molar-refractivity contribution in [1.29, 1.82) is 0 Å². The van der Waals surface area contributed by atoms with E-state index in [4.69, 9.17) is 28.9 Å². The fourth-order valence-corrected chi connectivity index (χ4v) is 3.07. The third-order valence-electron chi connectivity index (χ3n) is 3.05. The fraction of sp³-hybridized carbons (Fsp3) is 0.308. The lowest BCUT2D eigenvalue weighted by Crippen LogP contribution is -2.14. The highest BCUT2D eigenvalue weighted by Crippen LogP contribution is 2.32. The molecular formula is C13H15Cl2N3O2S. The van der Waals surface area contributed by atoms with Gasteiger partial charge in [0.25, 0.3) is 0 Å². The van der Waals surface area contributed by atoms with Crippen LogP contribution in [0.25, 0.3) is 11.3 Å². The van der Waals surface area contributed by atoms with Gasteiger partial charge in [-0.3, -0.25) is 4.68 Å². The number of rotatable bonds is 5. The predicted molar refractivity (Wildman–Crippen MR) is 86.4 cm³/mol. The lowest BCUT2D eigenvalue weighted by Gasteiger charge is -2.03. The van der Waals surface area contributed by atoms with Crippen molar-refractivity contribution in [2.75, 3.05) is 17.2 Å². The van der Waals surface area contributed by atoms with E-state index >= 15 is 0 Å². The van der Waals surface area contributed by atoms with Gasteiger partial charge in [0.1, 0.15) is 5.69 Å². The van der Waals surface area contributed by atoms with Crippen LogP contribution < -0.4 is 5.73 Å². The molecule has 2 rings (SSSR count). The van der Waals surface area contributed by atoms with Crippen molar-refractivity contribution in [2.24, 2.45) is 0 Å². The maximum Gasteiger partial charge on any atom is 0.151 e. The molecule has 0 fully saturated rings. The van der Waals surface area contributed by atoms with E-state index in [0.717, 1.165) is 0 Å². The zero-order valence-electron chi connectivity index (χ0n) is 11.4. The molecule has 0 saturated carbocycles. The number of aryl methyl sites for hydroxylation is 1. The minimum Gasteiger partial charge on any atom is -0.396 e. The Kier molecular flexibility index (Phi) is 4.81. The quantitative estimate of drug-likeness (QED) is 0.901. The molecule has 0 radical (unpaired) electrons. The molecular weight excluding hydrogens is 333 g/mol. The van der Waals surface area contributed by atoms with Crippen LogP contribution in [-0.2, 0) is 16.4 Å². The number of hydrogen-bond donors (Lipinski definition) is 1. The zero-order valence-corrected chi connectivity index (χ0v) is 13.7. The van der Waals surface area contributed by atoms with Crippen molar-refractivity contribution in [3.63, 3.8) is 0 Å². The van der Waals surface area contributed by atoms with E-state index in [0.29, 0.717) is 27.0 Å². The second-order valence-corrected chi connectivity index (χ2v) is 7.87. The number of nitrogens with zero attached hydrogens (tertiary/aromatic N) is 2. The van der Waals surface area contributed by atoms with Gasteiger partial charge in [0, 0.05) is 22.5 Å². The molecule has 0 bridgehead atoms. The van der Waals surface area contributed by atoms with Gasteiger partial charge in [-0.25, -0.2) is 8.42 Å². The van der Waals surface area contributed by atoms with Gasteiger partial charge < -0.3 is 5.73 Å². The monoisotopic (exact) mass is 347 g/mol. The molecule has 21 heavy (non-hydrogen) atoms. The number of hydrogen-bond acceptors (Lipinski definition) is 4. The Labute approximate surface area is 133 Å². The molecule has 0 unspecified atom stereocenters. The Morgan fingerprint density at radius 3 is 2.67 bits per heavy atom. The molecule has 1 heterocycles. The number of nitrogen functional groups attached to an aromatic ring is 1. The van der Waals surface area contributed by atoms with E-state index in [1.165, 1.54) is 4.68 Å². The van der Waals surface area contributed by atoms with Gasteiger partial charge >= 0.3 is 0 Å². The maximum atomic E-state index is 11.5. The zero-order chi connectivity index (χ0) is 15.6. The molecule has 2 aromatic rings. The van der Waals surface area contributed by atoms with Gasteiger partial charge in [-0.2, -0.15) is 5.10 Å². The van der Waals surface area contributed by atoms with Gasteiger partial charge in [-0.15, -0.1) is 0 Å². The maximum absolute atomic E-state index is 11.5. The molecule has 114 valence electrons. The lowest BCUT2D eigenvalue weighted by molar-refractivity contribution is 0.582. The first-order chi connectivity index (χ1) is 9.82. The Hall–Kier alpha value is -1.24. The molecule has 0 aliphatic rings. The summed E-state index contributed by atoms with van der Waals surface area (Å²) in [6.07, 6.45) is 1.60. The largest absolute Gasteiger partial charge is 0.396 e. The molecule has 0 aliphatic heterocycles. The van der Waals surface area contributed by atoms with E-state index in [2.05, 4.69) is 5.10 Å². The molecule has 0 spiro atoms. The van der Waals surface area contributed by atoms with Gasteiger partial charge in [0.2, 0.25) is 0 Å². The molecule has 8 heteroatoms. The summed E-state index contributed by atoms with van der Waals surface area (Å²) in [5.74, 6) is 0.137. The highest BCUT2D eigenvalue weighted by molar-refractivity contribution is 7.91. The number of benzene rings is 1. The summed E-state index contributed by atoms with van der Waals surface area (Å²) in [5, 5.41) is 5.28. The first-order valence-electron chi connectivity index (χ1n) is 6.31. The third kappa shape index (κ3) is 3.90. The van der Waals surface area contributed by atoms with Gasteiger partial charge in [0.15, 0.2) is 9.84 Å². The Morgan fingerprint density at radius 2 is 2.05 bits per heavy atom. The van der Waals surface area contributed by atoms with E-state index in [1.54, 1.807) is 31.3 Å². The summed E-state index contributed by atoms with van der Waals surface area (Å²) >= 11 is 12.0. The lowest BCUT2D eigenvalue weighted by atomic mass is 10.1. The third-order valence-corrected chi connectivity index (χ3v) is 5.28. The second kappa shape index (κ2) is 6.25. The number of aromatic nitrogens is 2. The van der Waals surface area contributed by atoms with Crippen LogP contribution in [0, 0.1) is 0 Å². The highest BCUT2D eigenvalue weighted by Gasteiger charge is 2.14. The first-order valence-corrected chi connectivity index (χ1v) is 8.89. The average Bonchev–Trinajstić information content (AvgIpc) is 2.78. The Balaban J connectivity index is 2.27. The van der Waals surface area contributed by atoms with Crippen LogP contribution in [-0.4, -0.2) is 29.7 Å². The van der Waals surface area contributed by atoms with Crippen LogP contribution in [0.4, 0.5) is 5.69 Å². The molecule has 0 saturated heterocycles. The van der Waals surface area contributed by atoms with Crippen molar-refractivity contribution in [3.8, 4) is 11.3 Å². The van der Waals surface area contributed by atoms with Gasteiger partial charge in [0.05, 0.1) is 23.0 Å². The molecule has 1 aromatic heterocycles. The van der Waals surface area contributed by atoms with Crippen molar-refractivity contribution < 1.29 is 8.42 Å². The summed E-state index contributed by atoms with van der Waals surface area (Å²) in [5.41, 5.74) is 7.55. The second-order valence-electron chi connectivity index (χ2n) is 4.56. The summed E-state index contributed by atoms with van der Waals surface area (Å²) < 4.78 is 24.6. The summed E-state index contributed by atoms with van der Waals surface area (Å²) in [7, 11) is -3.04. The number of sulfone groups is 1. The summed E-state index contributed by atoms with van der Waals surface area (Å²) in [6.45, 7) is 1.87. The number of halogens is 2. The van der Waals surface area contributed by atoms with Crippen LogP contribution in [0.15, 0.2) is 24.4 Å². The summed E-state index contributed by atoms with van der Waals surface area (Å²) in [6, 6.07) is 5.04. The topological polar surface area (TPSA) is 78.0 Å². The minimum atomic E-state index is -3.04. The number of anilines is 1. The van der Waals surface area contributed by atoms with Crippen molar-refractivity contribution in [3.05, 3.63) is 34.4 Å².